The van der Waals surface area contributed by atoms with Crippen LogP contribution in [-0.2, 0) is 0 Å². The molecular weight excluding hydrogens is 304 g/mol. The first-order valence-corrected chi connectivity index (χ1v) is 7.79. The Morgan fingerprint density at radius 2 is 1.75 bits per heavy atom. The van der Waals surface area contributed by atoms with Crippen molar-refractivity contribution in [2.45, 2.75) is 6.04 Å². The minimum Gasteiger partial charge on any atom is -0.493 e. The van der Waals surface area contributed by atoms with Gasteiger partial charge >= 0.3 is 0 Å². The number of rotatable bonds is 7. The molecule has 0 aromatic heterocycles. The number of benzene rings is 2. The first-order valence-electron chi connectivity index (χ1n) is 7.79. The van der Waals surface area contributed by atoms with Gasteiger partial charge in [-0.2, -0.15) is 0 Å². The second-order valence-corrected chi connectivity index (χ2v) is 5.64. The first-order chi connectivity index (χ1) is 11.6. The molecule has 1 amide bonds. The molecule has 0 aliphatic heterocycles. The maximum atomic E-state index is 12.6. The first kappa shape index (κ1) is 17.8. The molecule has 0 bridgehead atoms. The standard InChI is InChI=1S/C19H24N2O3/c1-21(2)16(14-9-6-5-7-10-14)13-20-19(22)15-11-8-12-17(23-3)18(15)24-4/h5-12,16H,13H2,1-4H3,(H,20,22)/t16-/m1/s1. The molecule has 1 N–H and O–H groups in total. The molecule has 0 radical (unpaired) electrons. The Balaban J connectivity index is 2.15. The second-order valence-electron chi connectivity index (χ2n) is 5.64. The largest absolute Gasteiger partial charge is 0.493 e. The molecule has 0 aliphatic rings. The summed E-state index contributed by atoms with van der Waals surface area (Å²) in [6, 6.07) is 15.5. The van der Waals surface area contributed by atoms with Gasteiger partial charge in [0.15, 0.2) is 11.5 Å². The number of carbonyl (C=O) groups is 1. The van der Waals surface area contributed by atoms with Crippen LogP contribution in [0.2, 0.25) is 0 Å². The summed E-state index contributed by atoms with van der Waals surface area (Å²) in [5.74, 6) is 0.796. The molecule has 1 atom stereocenters. The molecule has 24 heavy (non-hydrogen) atoms. The molecule has 2 rings (SSSR count). The molecule has 2 aromatic rings. The van der Waals surface area contributed by atoms with Gasteiger partial charge in [-0.05, 0) is 31.8 Å². The number of nitrogens with one attached hydrogen (secondary N) is 1. The van der Waals surface area contributed by atoms with Crippen LogP contribution in [0.5, 0.6) is 11.5 Å². The second kappa shape index (κ2) is 8.36. The summed E-state index contributed by atoms with van der Waals surface area (Å²) in [7, 11) is 7.07. The third-order valence-corrected chi connectivity index (χ3v) is 3.91. The molecular formula is C19H24N2O3. The average molecular weight is 328 g/mol. The summed E-state index contributed by atoms with van der Waals surface area (Å²) in [6.07, 6.45) is 0. The van der Waals surface area contributed by atoms with Gasteiger partial charge in [-0.1, -0.05) is 36.4 Å². The van der Waals surface area contributed by atoms with Crippen LogP contribution in [0.3, 0.4) is 0 Å². The van der Waals surface area contributed by atoms with Gasteiger partial charge in [-0.3, -0.25) is 4.79 Å². The van der Waals surface area contributed by atoms with Crippen LogP contribution in [0, 0.1) is 0 Å². The highest BCUT2D eigenvalue weighted by molar-refractivity contribution is 5.97. The van der Waals surface area contributed by atoms with Crippen LogP contribution < -0.4 is 14.8 Å². The third-order valence-electron chi connectivity index (χ3n) is 3.91. The molecule has 128 valence electrons. The minimum absolute atomic E-state index is 0.0896. The number of ether oxygens (including phenoxy) is 2. The zero-order chi connectivity index (χ0) is 17.5. The topological polar surface area (TPSA) is 50.8 Å². The number of likely N-dealkylation sites (N-methyl/N-ethyl adjacent to an activating group) is 1. The van der Waals surface area contributed by atoms with E-state index in [0.717, 1.165) is 5.56 Å². The molecule has 0 spiro atoms. The van der Waals surface area contributed by atoms with Gasteiger partial charge < -0.3 is 19.7 Å². The number of hydrogen-bond acceptors (Lipinski definition) is 4. The Kier molecular flexibility index (Phi) is 6.21. The van der Waals surface area contributed by atoms with Gasteiger partial charge in [-0.25, -0.2) is 0 Å². The van der Waals surface area contributed by atoms with Crippen LogP contribution in [0.1, 0.15) is 22.0 Å². The third kappa shape index (κ3) is 4.06. The highest BCUT2D eigenvalue weighted by Crippen LogP contribution is 2.30. The Hall–Kier alpha value is -2.53. The Morgan fingerprint density at radius 1 is 1.04 bits per heavy atom. The molecule has 0 unspecified atom stereocenters. The van der Waals surface area contributed by atoms with Crippen molar-refractivity contribution in [2.75, 3.05) is 34.9 Å². The summed E-state index contributed by atoms with van der Waals surface area (Å²) in [4.78, 5) is 14.7. The normalized spacial score (nSPS) is 11.9. The monoisotopic (exact) mass is 328 g/mol. The Bertz CT molecular complexity index is 672. The summed E-state index contributed by atoms with van der Waals surface area (Å²) < 4.78 is 10.6. The zero-order valence-electron chi connectivity index (χ0n) is 14.6. The maximum absolute atomic E-state index is 12.6. The van der Waals surface area contributed by atoms with Crippen molar-refractivity contribution in [3.05, 3.63) is 59.7 Å². The van der Waals surface area contributed by atoms with E-state index in [1.54, 1.807) is 25.3 Å². The zero-order valence-corrected chi connectivity index (χ0v) is 14.6. The average Bonchev–Trinajstić information content (AvgIpc) is 2.61. The highest BCUT2D eigenvalue weighted by atomic mass is 16.5. The summed E-state index contributed by atoms with van der Waals surface area (Å²) >= 11 is 0. The molecule has 0 fully saturated rings. The lowest BCUT2D eigenvalue weighted by Gasteiger charge is -2.25. The van der Waals surface area contributed by atoms with Crippen molar-refractivity contribution < 1.29 is 14.3 Å². The van der Waals surface area contributed by atoms with E-state index in [4.69, 9.17) is 9.47 Å². The predicted molar refractivity (Wildman–Crippen MR) is 94.7 cm³/mol. The van der Waals surface area contributed by atoms with Crippen molar-refractivity contribution in [1.82, 2.24) is 10.2 Å². The SMILES string of the molecule is COc1cccc(C(=O)NC[C@H](c2ccccc2)N(C)C)c1OC. The molecule has 0 saturated heterocycles. The van der Waals surface area contributed by atoms with E-state index in [-0.39, 0.29) is 11.9 Å². The smallest absolute Gasteiger partial charge is 0.255 e. The van der Waals surface area contributed by atoms with Crippen LogP contribution in [0.25, 0.3) is 0 Å². The Morgan fingerprint density at radius 3 is 2.33 bits per heavy atom. The van der Waals surface area contributed by atoms with Crippen molar-refractivity contribution in [3.8, 4) is 11.5 Å². The number of amides is 1. The fraction of sp³-hybridized carbons (Fsp3) is 0.316. The van der Waals surface area contributed by atoms with E-state index in [0.29, 0.717) is 23.6 Å². The molecule has 5 heteroatoms. The van der Waals surface area contributed by atoms with E-state index in [1.165, 1.54) is 7.11 Å². The van der Waals surface area contributed by atoms with Gasteiger partial charge in [0.25, 0.3) is 5.91 Å². The van der Waals surface area contributed by atoms with E-state index < -0.39 is 0 Å². The fourth-order valence-corrected chi connectivity index (χ4v) is 2.62. The molecule has 0 saturated carbocycles. The van der Waals surface area contributed by atoms with Crippen molar-refractivity contribution >= 4 is 5.91 Å². The highest BCUT2D eigenvalue weighted by Gasteiger charge is 2.19. The lowest BCUT2D eigenvalue weighted by atomic mass is 10.1. The maximum Gasteiger partial charge on any atom is 0.255 e. The summed E-state index contributed by atoms with van der Waals surface area (Å²) in [6.45, 7) is 0.496. The molecule has 2 aromatic carbocycles. The number of methoxy groups -OCH3 is 2. The van der Waals surface area contributed by atoms with E-state index in [2.05, 4.69) is 22.3 Å². The van der Waals surface area contributed by atoms with Crippen molar-refractivity contribution in [3.63, 3.8) is 0 Å². The molecule has 0 aliphatic carbocycles. The van der Waals surface area contributed by atoms with Gasteiger partial charge in [0.2, 0.25) is 0 Å². The fourth-order valence-electron chi connectivity index (χ4n) is 2.62. The number of para-hydroxylation sites is 1. The van der Waals surface area contributed by atoms with Crippen LogP contribution in [-0.4, -0.2) is 45.7 Å². The van der Waals surface area contributed by atoms with Gasteiger partial charge in [0.05, 0.1) is 25.8 Å². The van der Waals surface area contributed by atoms with Crippen molar-refractivity contribution in [2.24, 2.45) is 0 Å². The Labute approximate surface area is 143 Å². The van der Waals surface area contributed by atoms with Crippen LogP contribution >= 0.6 is 0 Å². The molecule has 5 nitrogen and oxygen atoms in total. The van der Waals surface area contributed by atoms with Gasteiger partial charge in [0.1, 0.15) is 0 Å². The van der Waals surface area contributed by atoms with Gasteiger partial charge in [0, 0.05) is 6.54 Å². The van der Waals surface area contributed by atoms with E-state index in [1.807, 2.05) is 32.3 Å². The van der Waals surface area contributed by atoms with Crippen molar-refractivity contribution in [1.29, 1.82) is 0 Å². The van der Waals surface area contributed by atoms with E-state index >= 15 is 0 Å². The lowest BCUT2D eigenvalue weighted by Crippen LogP contribution is -2.34. The summed E-state index contributed by atoms with van der Waals surface area (Å²) in [5.41, 5.74) is 1.61. The lowest BCUT2D eigenvalue weighted by molar-refractivity contribution is 0.0938. The summed E-state index contributed by atoms with van der Waals surface area (Å²) in [5, 5.41) is 2.99. The predicted octanol–water partition coefficient (Wildman–Crippen LogP) is 2.74. The van der Waals surface area contributed by atoms with Crippen LogP contribution in [0.4, 0.5) is 0 Å². The number of carbonyl (C=O) groups excluding carboxylic acids is 1. The minimum atomic E-state index is -0.187. The van der Waals surface area contributed by atoms with Crippen LogP contribution in [0.15, 0.2) is 48.5 Å². The number of nitrogens with zero attached hydrogens (tertiary/aromatic N) is 1. The quantitative estimate of drug-likeness (QED) is 0.849. The van der Waals surface area contributed by atoms with Gasteiger partial charge in [-0.15, -0.1) is 0 Å². The van der Waals surface area contributed by atoms with E-state index in [9.17, 15) is 4.79 Å². The molecule has 0 heterocycles. The number of hydrogen-bond donors (Lipinski definition) is 1.